The molecule has 6 heteroatoms. The maximum absolute atomic E-state index is 12.8. The highest BCUT2D eigenvalue weighted by molar-refractivity contribution is 5.94. The Bertz CT molecular complexity index is 828. The number of amides is 2. The van der Waals surface area contributed by atoms with Crippen LogP contribution in [0.4, 0.5) is 0 Å². The van der Waals surface area contributed by atoms with Gasteiger partial charge in [0.1, 0.15) is 5.75 Å². The molecular formula is C21H23N3O3. The Morgan fingerprint density at radius 3 is 2.52 bits per heavy atom. The van der Waals surface area contributed by atoms with Gasteiger partial charge >= 0.3 is 0 Å². The van der Waals surface area contributed by atoms with E-state index < -0.39 is 0 Å². The van der Waals surface area contributed by atoms with Gasteiger partial charge in [0.2, 0.25) is 5.91 Å². The van der Waals surface area contributed by atoms with Gasteiger partial charge in [-0.25, -0.2) is 0 Å². The molecule has 0 bridgehead atoms. The van der Waals surface area contributed by atoms with Gasteiger partial charge in [-0.15, -0.1) is 0 Å². The third-order valence-electron chi connectivity index (χ3n) is 5.68. The van der Waals surface area contributed by atoms with Crippen LogP contribution in [0.3, 0.4) is 0 Å². The van der Waals surface area contributed by atoms with Crippen LogP contribution >= 0.6 is 0 Å². The largest absolute Gasteiger partial charge is 0.497 e. The minimum Gasteiger partial charge on any atom is -0.497 e. The second-order valence-electron chi connectivity index (χ2n) is 7.32. The van der Waals surface area contributed by atoms with Crippen molar-refractivity contribution in [1.29, 1.82) is 0 Å². The number of methoxy groups -OCH3 is 1. The minimum absolute atomic E-state index is 0.000175. The Kier molecular flexibility index (Phi) is 4.56. The molecule has 0 radical (unpaired) electrons. The number of piperidine rings is 1. The molecule has 3 heterocycles. The molecule has 0 aliphatic carbocycles. The standard InChI is InChI=1S/C21H23N3O3/c1-27-18-6-4-16(5-7-18)14-24-15-21(20(24)26)8-11-23(12-9-21)19(25)17-3-2-10-22-13-17/h2-7,10,13H,8-9,11-12,14-15H2,1H3. The maximum Gasteiger partial charge on any atom is 0.255 e. The third-order valence-corrected chi connectivity index (χ3v) is 5.68. The van der Waals surface area contributed by atoms with E-state index in [1.54, 1.807) is 31.6 Å². The zero-order valence-corrected chi connectivity index (χ0v) is 15.4. The van der Waals surface area contributed by atoms with E-state index in [1.807, 2.05) is 34.1 Å². The molecule has 6 nitrogen and oxygen atoms in total. The van der Waals surface area contributed by atoms with Crippen molar-refractivity contribution in [3.05, 3.63) is 59.9 Å². The lowest BCUT2D eigenvalue weighted by Crippen LogP contribution is -2.64. The van der Waals surface area contributed by atoms with Crippen molar-refractivity contribution < 1.29 is 14.3 Å². The fourth-order valence-electron chi connectivity index (χ4n) is 4.01. The maximum atomic E-state index is 12.8. The number of nitrogens with zero attached hydrogens (tertiary/aromatic N) is 3. The number of aromatic nitrogens is 1. The normalized spacial score (nSPS) is 18.3. The number of benzene rings is 1. The Hall–Kier alpha value is -2.89. The van der Waals surface area contributed by atoms with E-state index >= 15 is 0 Å². The highest BCUT2D eigenvalue weighted by Crippen LogP contribution is 2.42. The molecular weight excluding hydrogens is 342 g/mol. The summed E-state index contributed by atoms with van der Waals surface area (Å²) in [7, 11) is 1.64. The van der Waals surface area contributed by atoms with Crippen molar-refractivity contribution >= 4 is 11.8 Å². The summed E-state index contributed by atoms with van der Waals surface area (Å²) in [6.45, 7) is 2.64. The summed E-state index contributed by atoms with van der Waals surface area (Å²) in [6, 6.07) is 11.4. The Morgan fingerprint density at radius 1 is 1.19 bits per heavy atom. The van der Waals surface area contributed by atoms with Crippen molar-refractivity contribution in [3.63, 3.8) is 0 Å². The number of carbonyl (C=O) groups is 2. The van der Waals surface area contributed by atoms with Crippen molar-refractivity contribution in [1.82, 2.24) is 14.8 Å². The van der Waals surface area contributed by atoms with Gasteiger partial charge in [-0.3, -0.25) is 14.6 Å². The summed E-state index contributed by atoms with van der Waals surface area (Å²) in [5.41, 5.74) is 1.43. The first-order valence-corrected chi connectivity index (χ1v) is 9.23. The zero-order valence-electron chi connectivity index (χ0n) is 15.4. The Labute approximate surface area is 158 Å². The molecule has 2 aliphatic rings. The summed E-state index contributed by atoms with van der Waals surface area (Å²) >= 11 is 0. The van der Waals surface area contributed by atoms with Gasteiger partial charge in [0.15, 0.2) is 0 Å². The van der Waals surface area contributed by atoms with Gasteiger partial charge in [0, 0.05) is 38.6 Å². The van der Waals surface area contributed by atoms with Crippen LogP contribution in [0.2, 0.25) is 0 Å². The first-order valence-electron chi connectivity index (χ1n) is 9.23. The molecule has 1 spiro atoms. The Balaban J connectivity index is 1.33. The van der Waals surface area contributed by atoms with Gasteiger partial charge in [0.25, 0.3) is 5.91 Å². The van der Waals surface area contributed by atoms with Crippen LogP contribution in [0.15, 0.2) is 48.8 Å². The van der Waals surface area contributed by atoms with Crippen molar-refractivity contribution in [2.45, 2.75) is 19.4 Å². The number of rotatable bonds is 4. The lowest BCUT2D eigenvalue weighted by molar-refractivity contribution is -0.165. The summed E-state index contributed by atoms with van der Waals surface area (Å²) in [4.78, 5) is 33.1. The molecule has 1 aromatic heterocycles. The fourth-order valence-corrected chi connectivity index (χ4v) is 4.01. The average molecular weight is 365 g/mol. The fraction of sp³-hybridized carbons (Fsp3) is 0.381. The number of pyridine rings is 1. The van der Waals surface area contributed by atoms with Crippen LogP contribution in [0, 0.1) is 5.41 Å². The van der Waals surface area contributed by atoms with Crippen LogP contribution in [-0.2, 0) is 11.3 Å². The van der Waals surface area contributed by atoms with Crippen molar-refractivity contribution in [2.75, 3.05) is 26.7 Å². The minimum atomic E-state index is -0.280. The molecule has 2 amide bonds. The number of β-lactam (4-membered cyclic amide) rings is 1. The molecule has 0 atom stereocenters. The molecule has 2 saturated heterocycles. The van der Waals surface area contributed by atoms with Gasteiger partial charge in [0.05, 0.1) is 18.1 Å². The summed E-state index contributed by atoms with van der Waals surface area (Å²) in [5.74, 6) is 1.03. The monoisotopic (exact) mass is 365 g/mol. The smallest absolute Gasteiger partial charge is 0.255 e. The van der Waals surface area contributed by atoms with E-state index in [-0.39, 0.29) is 17.2 Å². The topological polar surface area (TPSA) is 62.7 Å². The molecule has 2 aliphatic heterocycles. The van der Waals surface area contributed by atoms with Crippen LogP contribution in [0.1, 0.15) is 28.8 Å². The second-order valence-corrected chi connectivity index (χ2v) is 7.32. The molecule has 4 rings (SSSR count). The lowest BCUT2D eigenvalue weighted by atomic mass is 9.71. The molecule has 1 aromatic carbocycles. The van der Waals surface area contributed by atoms with Crippen LogP contribution in [0.25, 0.3) is 0 Å². The first-order chi connectivity index (χ1) is 13.1. The highest BCUT2D eigenvalue weighted by Gasteiger charge is 2.53. The van der Waals surface area contributed by atoms with E-state index in [4.69, 9.17) is 4.74 Å². The van der Waals surface area contributed by atoms with E-state index in [0.29, 0.717) is 25.2 Å². The van der Waals surface area contributed by atoms with Crippen LogP contribution in [0.5, 0.6) is 5.75 Å². The number of carbonyl (C=O) groups excluding carboxylic acids is 2. The number of likely N-dealkylation sites (tertiary alicyclic amines) is 2. The second kappa shape index (κ2) is 7.02. The van der Waals surface area contributed by atoms with Gasteiger partial charge in [-0.2, -0.15) is 0 Å². The highest BCUT2D eigenvalue weighted by atomic mass is 16.5. The van der Waals surface area contributed by atoms with E-state index in [1.165, 1.54) is 0 Å². The van der Waals surface area contributed by atoms with E-state index in [2.05, 4.69) is 4.98 Å². The number of ether oxygens (including phenoxy) is 1. The molecule has 0 N–H and O–H groups in total. The Morgan fingerprint density at radius 2 is 1.93 bits per heavy atom. The molecule has 0 saturated carbocycles. The molecule has 140 valence electrons. The van der Waals surface area contributed by atoms with Gasteiger partial charge < -0.3 is 14.5 Å². The molecule has 2 fully saturated rings. The zero-order chi connectivity index (χ0) is 18.9. The SMILES string of the molecule is COc1ccc(CN2CC3(CCN(C(=O)c4cccnc4)CC3)C2=O)cc1. The number of hydrogen-bond acceptors (Lipinski definition) is 4. The van der Waals surface area contributed by atoms with Crippen molar-refractivity contribution in [3.8, 4) is 5.75 Å². The quantitative estimate of drug-likeness (QED) is 0.781. The summed E-state index contributed by atoms with van der Waals surface area (Å²) in [6.07, 6.45) is 4.72. The first kappa shape index (κ1) is 17.5. The van der Waals surface area contributed by atoms with Gasteiger partial charge in [-0.1, -0.05) is 12.1 Å². The van der Waals surface area contributed by atoms with Gasteiger partial charge in [-0.05, 0) is 42.7 Å². The van der Waals surface area contributed by atoms with Crippen LogP contribution < -0.4 is 4.74 Å². The molecule has 0 unspecified atom stereocenters. The third kappa shape index (κ3) is 3.27. The summed E-state index contributed by atoms with van der Waals surface area (Å²) in [5, 5.41) is 0. The lowest BCUT2D eigenvalue weighted by Gasteiger charge is -2.52. The van der Waals surface area contributed by atoms with Crippen molar-refractivity contribution in [2.24, 2.45) is 5.41 Å². The predicted octanol–water partition coefficient (Wildman–Crippen LogP) is 2.36. The summed E-state index contributed by atoms with van der Waals surface area (Å²) < 4.78 is 5.17. The van der Waals surface area contributed by atoms with E-state index in [9.17, 15) is 9.59 Å². The average Bonchev–Trinajstić information content (AvgIpc) is 2.74. The molecule has 2 aromatic rings. The molecule has 27 heavy (non-hydrogen) atoms. The van der Waals surface area contributed by atoms with Crippen LogP contribution in [-0.4, -0.2) is 53.3 Å². The van der Waals surface area contributed by atoms with E-state index in [0.717, 1.165) is 30.7 Å². The predicted molar refractivity (Wildman–Crippen MR) is 100 cm³/mol. The number of hydrogen-bond donors (Lipinski definition) is 0.